The van der Waals surface area contributed by atoms with Gasteiger partial charge in [0.1, 0.15) is 5.82 Å². The zero-order chi connectivity index (χ0) is 9.42. The molecule has 2 nitrogen and oxygen atoms in total. The molecule has 2 aromatic rings. The third kappa shape index (κ3) is 1.58. The second kappa shape index (κ2) is 3.31. The molecule has 1 aromatic heterocycles. The molecule has 0 atom stereocenters. The molecule has 0 saturated carbocycles. The Morgan fingerprint density at radius 2 is 2.31 bits per heavy atom. The number of H-pyrrole nitrogens is 1. The molecule has 1 heterocycles. The van der Waals surface area contributed by atoms with Crippen LogP contribution < -0.4 is 0 Å². The highest BCUT2D eigenvalue weighted by atomic mass is 79.9. The molecule has 0 amide bonds. The summed E-state index contributed by atoms with van der Waals surface area (Å²) in [7, 11) is 0. The fourth-order valence-corrected chi connectivity index (χ4v) is 2.06. The zero-order valence-corrected chi connectivity index (χ0v) is 9.41. The molecule has 0 aliphatic rings. The van der Waals surface area contributed by atoms with Crippen LogP contribution in [-0.2, 0) is 5.88 Å². The van der Waals surface area contributed by atoms with Gasteiger partial charge in [-0.2, -0.15) is 0 Å². The van der Waals surface area contributed by atoms with Crippen LogP contribution in [0, 0.1) is 6.92 Å². The molecule has 13 heavy (non-hydrogen) atoms. The predicted octanol–water partition coefficient (Wildman–Crippen LogP) is 3.37. The van der Waals surface area contributed by atoms with E-state index in [4.69, 9.17) is 11.6 Å². The maximum absolute atomic E-state index is 5.69. The van der Waals surface area contributed by atoms with Crippen LogP contribution in [0.25, 0.3) is 11.0 Å². The van der Waals surface area contributed by atoms with Gasteiger partial charge in [0.05, 0.1) is 16.9 Å². The average Bonchev–Trinajstić information content (AvgIpc) is 2.47. The summed E-state index contributed by atoms with van der Waals surface area (Å²) in [5, 5.41) is 0. The zero-order valence-electron chi connectivity index (χ0n) is 7.06. The fraction of sp³-hybridized carbons (Fsp3) is 0.222. The van der Waals surface area contributed by atoms with Crippen molar-refractivity contribution in [3.63, 3.8) is 0 Å². The van der Waals surface area contributed by atoms with Crippen LogP contribution in [0.2, 0.25) is 0 Å². The summed E-state index contributed by atoms with van der Waals surface area (Å²) in [6.07, 6.45) is 0. The van der Waals surface area contributed by atoms with Crippen LogP contribution >= 0.6 is 27.5 Å². The lowest BCUT2D eigenvalue weighted by atomic mass is 10.2. The Hall–Kier alpha value is -0.540. The van der Waals surface area contributed by atoms with Crippen molar-refractivity contribution in [2.24, 2.45) is 0 Å². The number of halogens is 2. The summed E-state index contributed by atoms with van der Waals surface area (Å²) >= 11 is 9.12. The van der Waals surface area contributed by atoms with Crippen LogP contribution in [0.15, 0.2) is 16.6 Å². The number of nitrogens with zero attached hydrogens (tertiary/aromatic N) is 1. The predicted molar refractivity (Wildman–Crippen MR) is 58.1 cm³/mol. The van der Waals surface area contributed by atoms with Crippen molar-refractivity contribution in [2.75, 3.05) is 0 Å². The molecule has 0 radical (unpaired) electrons. The summed E-state index contributed by atoms with van der Waals surface area (Å²) in [5.41, 5.74) is 3.18. The number of alkyl halides is 1. The molecular weight excluding hydrogens is 251 g/mol. The SMILES string of the molecule is Cc1cc(Br)cc2[nH]c(CCl)nc12. The van der Waals surface area contributed by atoms with Gasteiger partial charge in [0, 0.05) is 4.47 Å². The second-order valence-corrected chi connectivity index (χ2v) is 4.12. The Morgan fingerprint density at radius 1 is 1.54 bits per heavy atom. The van der Waals surface area contributed by atoms with Crippen molar-refractivity contribution in [3.05, 3.63) is 28.0 Å². The molecule has 0 aliphatic carbocycles. The molecule has 4 heteroatoms. The van der Waals surface area contributed by atoms with Gasteiger partial charge in [-0.05, 0) is 24.6 Å². The molecule has 0 saturated heterocycles. The quantitative estimate of drug-likeness (QED) is 0.782. The first kappa shape index (κ1) is 9.03. The maximum Gasteiger partial charge on any atom is 0.122 e. The summed E-state index contributed by atoms with van der Waals surface area (Å²) in [6, 6.07) is 4.05. The Bertz CT molecular complexity index is 450. The topological polar surface area (TPSA) is 28.7 Å². The number of aromatic amines is 1. The van der Waals surface area contributed by atoms with E-state index in [1.54, 1.807) is 0 Å². The van der Waals surface area contributed by atoms with Crippen molar-refractivity contribution in [1.82, 2.24) is 9.97 Å². The van der Waals surface area contributed by atoms with Gasteiger partial charge in [0.25, 0.3) is 0 Å². The van der Waals surface area contributed by atoms with E-state index < -0.39 is 0 Å². The van der Waals surface area contributed by atoms with E-state index in [-0.39, 0.29) is 0 Å². The molecule has 68 valence electrons. The lowest BCUT2D eigenvalue weighted by Gasteiger charge is -1.94. The van der Waals surface area contributed by atoms with Gasteiger partial charge in [0.15, 0.2) is 0 Å². The first-order valence-corrected chi connectivity index (χ1v) is 5.24. The molecule has 1 aromatic carbocycles. The number of aromatic nitrogens is 2. The van der Waals surface area contributed by atoms with Crippen molar-refractivity contribution < 1.29 is 0 Å². The largest absolute Gasteiger partial charge is 0.341 e. The highest BCUT2D eigenvalue weighted by Crippen LogP contribution is 2.22. The van der Waals surface area contributed by atoms with Crippen molar-refractivity contribution in [1.29, 1.82) is 0 Å². The minimum Gasteiger partial charge on any atom is -0.341 e. The third-order valence-electron chi connectivity index (χ3n) is 1.92. The van der Waals surface area contributed by atoms with E-state index in [1.807, 2.05) is 19.1 Å². The maximum atomic E-state index is 5.69. The van der Waals surface area contributed by atoms with Crippen LogP contribution in [-0.4, -0.2) is 9.97 Å². The minimum atomic E-state index is 0.422. The van der Waals surface area contributed by atoms with E-state index in [1.165, 1.54) is 0 Å². The van der Waals surface area contributed by atoms with Gasteiger partial charge in [-0.1, -0.05) is 15.9 Å². The molecule has 2 rings (SSSR count). The van der Waals surface area contributed by atoms with E-state index in [0.717, 1.165) is 26.9 Å². The normalized spacial score (nSPS) is 11.0. The summed E-state index contributed by atoms with van der Waals surface area (Å²) < 4.78 is 1.06. The minimum absolute atomic E-state index is 0.422. The number of benzene rings is 1. The second-order valence-electron chi connectivity index (χ2n) is 2.94. The summed E-state index contributed by atoms with van der Waals surface area (Å²) in [6.45, 7) is 2.03. The number of aryl methyl sites for hydroxylation is 1. The molecule has 0 unspecified atom stereocenters. The lowest BCUT2D eigenvalue weighted by molar-refractivity contribution is 1.13. The monoisotopic (exact) mass is 258 g/mol. The average molecular weight is 260 g/mol. The number of nitrogens with one attached hydrogen (secondary N) is 1. The standard InChI is InChI=1S/C9H8BrClN2/c1-5-2-6(10)3-7-9(5)13-8(4-11)12-7/h2-3H,4H2,1H3,(H,12,13). The molecular formula is C9H8BrClN2. The van der Waals surface area contributed by atoms with Crippen LogP contribution in [0.5, 0.6) is 0 Å². The van der Waals surface area contributed by atoms with Crippen molar-refractivity contribution in [3.8, 4) is 0 Å². The number of fused-ring (bicyclic) bond motifs is 1. The summed E-state index contributed by atoms with van der Waals surface area (Å²) in [5.74, 6) is 1.24. The van der Waals surface area contributed by atoms with E-state index in [9.17, 15) is 0 Å². The number of hydrogen-bond donors (Lipinski definition) is 1. The smallest absolute Gasteiger partial charge is 0.122 e. The van der Waals surface area contributed by atoms with Crippen LogP contribution in [0.3, 0.4) is 0 Å². The first-order valence-electron chi connectivity index (χ1n) is 3.91. The fourth-order valence-electron chi connectivity index (χ4n) is 1.36. The van der Waals surface area contributed by atoms with E-state index in [2.05, 4.69) is 25.9 Å². The van der Waals surface area contributed by atoms with Gasteiger partial charge in [-0.15, -0.1) is 11.6 Å². The Labute approximate surface area is 89.4 Å². The summed E-state index contributed by atoms with van der Waals surface area (Å²) in [4.78, 5) is 7.52. The highest BCUT2D eigenvalue weighted by molar-refractivity contribution is 9.10. The van der Waals surface area contributed by atoms with Gasteiger partial charge in [0.2, 0.25) is 0 Å². The van der Waals surface area contributed by atoms with E-state index in [0.29, 0.717) is 5.88 Å². The van der Waals surface area contributed by atoms with Gasteiger partial charge >= 0.3 is 0 Å². The Morgan fingerprint density at radius 3 is 3.00 bits per heavy atom. The Balaban J connectivity index is 2.75. The molecule has 0 fully saturated rings. The Kier molecular flexibility index (Phi) is 2.30. The van der Waals surface area contributed by atoms with Crippen LogP contribution in [0.4, 0.5) is 0 Å². The van der Waals surface area contributed by atoms with Gasteiger partial charge < -0.3 is 4.98 Å². The third-order valence-corrected chi connectivity index (χ3v) is 2.63. The number of imidazole rings is 1. The molecule has 0 aliphatic heterocycles. The highest BCUT2D eigenvalue weighted by Gasteiger charge is 2.04. The van der Waals surface area contributed by atoms with Crippen molar-refractivity contribution in [2.45, 2.75) is 12.8 Å². The lowest BCUT2D eigenvalue weighted by Crippen LogP contribution is -1.78. The van der Waals surface area contributed by atoms with Gasteiger partial charge in [-0.3, -0.25) is 0 Å². The van der Waals surface area contributed by atoms with Crippen molar-refractivity contribution >= 4 is 38.6 Å². The molecule has 0 bridgehead atoms. The number of hydrogen-bond acceptors (Lipinski definition) is 1. The van der Waals surface area contributed by atoms with Crippen LogP contribution in [0.1, 0.15) is 11.4 Å². The number of rotatable bonds is 1. The molecule has 0 spiro atoms. The van der Waals surface area contributed by atoms with Gasteiger partial charge in [-0.25, -0.2) is 4.98 Å². The van der Waals surface area contributed by atoms with E-state index >= 15 is 0 Å². The molecule has 1 N–H and O–H groups in total. The first-order chi connectivity index (χ1) is 6.20.